The summed E-state index contributed by atoms with van der Waals surface area (Å²) in [6.07, 6.45) is 3.92. The molecule has 0 aliphatic heterocycles. The molecule has 1 aromatic rings. The zero-order chi connectivity index (χ0) is 15.0. The zero-order valence-electron chi connectivity index (χ0n) is 11.2. The quantitative estimate of drug-likeness (QED) is 0.563. The van der Waals surface area contributed by atoms with Crippen molar-refractivity contribution in [2.45, 2.75) is 19.9 Å². The van der Waals surface area contributed by atoms with Crippen molar-refractivity contribution < 1.29 is 23.9 Å². The Morgan fingerprint density at radius 2 is 1.75 bits per heavy atom. The van der Waals surface area contributed by atoms with Crippen LogP contribution in [0.15, 0.2) is 18.6 Å². The molecule has 0 radical (unpaired) electrons. The van der Waals surface area contributed by atoms with Gasteiger partial charge in [0.25, 0.3) is 5.91 Å². The molecular formula is C12H15N3O5. The molecule has 8 nitrogen and oxygen atoms in total. The monoisotopic (exact) mass is 281 g/mol. The zero-order valence-corrected chi connectivity index (χ0v) is 11.2. The molecule has 1 rings (SSSR count). The van der Waals surface area contributed by atoms with Crippen LogP contribution in [0.2, 0.25) is 0 Å². The summed E-state index contributed by atoms with van der Waals surface area (Å²) in [5, 5.41) is 2.21. The number of nitrogens with one attached hydrogen (secondary N) is 1. The number of hydrogen-bond donors (Lipinski definition) is 1. The number of nitrogens with zero attached hydrogens (tertiary/aromatic N) is 2. The second-order valence-corrected chi connectivity index (χ2v) is 3.50. The molecule has 0 saturated heterocycles. The maximum atomic E-state index is 11.8. The number of esters is 2. The number of ether oxygens (including phenoxy) is 2. The highest BCUT2D eigenvalue weighted by Crippen LogP contribution is 1.98. The first-order chi connectivity index (χ1) is 9.60. The molecule has 8 heteroatoms. The molecule has 108 valence electrons. The van der Waals surface area contributed by atoms with E-state index in [0.29, 0.717) is 0 Å². The van der Waals surface area contributed by atoms with E-state index in [1.807, 2.05) is 0 Å². The van der Waals surface area contributed by atoms with Crippen LogP contribution in [0.5, 0.6) is 0 Å². The van der Waals surface area contributed by atoms with Crippen molar-refractivity contribution in [2.75, 3.05) is 13.2 Å². The summed E-state index contributed by atoms with van der Waals surface area (Å²) in [4.78, 5) is 42.6. The number of carbonyl (C=O) groups is 3. The Hall–Kier alpha value is -2.51. The third kappa shape index (κ3) is 4.30. The highest BCUT2D eigenvalue weighted by molar-refractivity contribution is 6.05. The Labute approximate surface area is 115 Å². The van der Waals surface area contributed by atoms with Gasteiger partial charge in [-0.05, 0) is 13.8 Å². The summed E-state index contributed by atoms with van der Waals surface area (Å²) < 4.78 is 9.44. The van der Waals surface area contributed by atoms with Gasteiger partial charge in [0.05, 0.1) is 19.4 Å². The largest absolute Gasteiger partial charge is 0.464 e. The molecule has 20 heavy (non-hydrogen) atoms. The number of amides is 1. The van der Waals surface area contributed by atoms with Crippen LogP contribution in [0, 0.1) is 0 Å². The van der Waals surface area contributed by atoms with Crippen LogP contribution < -0.4 is 5.32 Å². The van der Waals surface area contributed by atoms with E-state index in [-0.39, 0.29) is 18.9 Å². The van der Waals surface area contributed by atoms with Crippen molar-refractivity contribution in [3.63, 3.8) is 0 Å². The normalized spacial score (nSPS) is 9.95. The van der Waals surface area contributed by atoms with Crippen molar-refractivity contribution in [1.82, 2.24) is 15.3 Å². The van der Waals surface area contributed by atoms with Crippen LogP contribution in [0.25, 0.3) is 0 Å². The summed E-state index contributed by atoms with van der Waals surface area (Å²) in [5.41, 5.74) is -0.0221. The van der Waals surface area contributed by atoms with Crippen molar-refractivity contribution in [1.29, 1.82) is 0 Å². The lowest BCUT2D eigenvalue weighted by molar-refractivity contribution is -0.157. The smallest absolute Gasteiger partial charge is 0.340 e. The van der Waals surface area contributed by atoms with E-state index in [4.69, 9.17) is 9.47 Å². The molecule has 0 fully saturated rings. The fraction of sp³-hybridized carbons (Fsp3) is 0.417. The Morgan fingerprint density at radius 1 is 1.15 bits per heavy atom. The molecule has 1 N–H and O–H groups in total. The molecule has 0 atom stereocenters. The van der Waals surface area contributed by atoms with Crippen molar-refractivity contribution >= 4 is 17.8 Å². The van der Waals surface area contributed by atoms with Gasteiger partial charge < -0.3 is 14.8 Å². The van der Waals surface area contributed by atoms with Gasteiger partial charge in [-0.2, -0.15) is 0 Å². The molecular weight excluding hydrogens is 266 g/mol. The minimum absolute atomic E-state index is 0.0221. The first-order valence-corrected chi connectivity index (χ1v) is 6.00. The van der Waals surface area contributed by atoms with Gasteiger partial charge >= 0.3 is 11.9 Å². The summed E-state index contributed by atoms with van der Waals surface area (Å²) >= 11 is 0. The lowest BCUT2D eigenvalue weighted by atomic mass is 10.2. The van der Waals surface area contributed by atoms with Crippen LogP contribution in [-0.4, -0.2) is 47.1 Å². The Balaban J connectivity index is 2.81. The van der Waals surface area contributed by atoms with Gasteiger partial charge in [0.2, 0.25) is 6.04 Å². The molecule has 0 bridgehead atoms. The summed E-state index contributed by atoms with van der Waals surface area (Å²) in [6, 6.07) is -1.52. The molecule has 0 spiro atoms. The average Bonchev–Trinajstić information content (AvgIpc) is 2.45. The minimum atomic E-state index is -1.52. The van der Waals surface area contributed by atoms with Gasteiger partial charge in [-0.15, -0.1) is 0 Å². The molecule has 1 aromatic heterocycles. The SMILES string of the molecule is CCOC(=O)C(NC(=O)c1cnccn1)C(=O)OCC. The average molecular weight is 281 g/mol. The van der Waals surface area contributed by atoms with Crippen LogP contribution in [0.3, 0.4) is 0 Å². The predicted molar refractivity (Wildman–Crippen MR) is 66.6 cm³/mol. The lowest BCUT2D eigenvalue weighted by Crippen LogP contribution is -2.48. The molecule has 1 heterocycles. The minimum Gasteiger partial charge on any atom is -0.464 e. The molecule has 1 amide bonds. The van der Waals surface area contributed by atoms with Gasteiger partial charge in [0.1, 0.15) is 5.69 Å². The number of aromatic nitrogens is 2. The molecule has 0 unspecified atom stereocenters. The van der Waals surface area contributed by atoms with E-state index in [9.17, 15) is 14.4 Å². The topological polar surface area (TPSA) is 107 Å². The van der Waals surface area contributed by atoms with E-state index in [0.717, 1.165) is 0 Å². The Kier molecular flexibility index (Phi) is 6.08. The lowest BCUT2D eigenvalue weighted by Gasteiger charge is -2.15. The van der Waals surface area contributed by atoms with Gasteiger partial charge in [0.15, 0.2) is 0 Å². The Morgan fingerprint density at radius 3 is 2.20 bits per heavy atom. The van der Waals surface area contributed by atoms with E-state index in [2.05, 4.69) is 15.3 Å². The molecule has 0 aliphatic carbocycles. The highest BCUT2D eigenvalue weighted by atomic mass is 16.6. The van der Waals surface area contributed by atoms with E-state index < -0.39 is 23.9 Å². The molecule has 0 aromatic carbocycles. The van der Waals surface area contributed by atoms with Gasteiger partial charge in [-0.25, -0.2) is 14.6 Å². The van der Waals surface area contributed by atoms with Crippen molar-refractivity contribution in [3.05, 3.63) is 24.3 Å². The van der Waals surface area contributed by atoms with Crippen LogP contribution in [0.1, 0.15) is 24.3 Å². The van der Waals surface area contributed by atoms with Crippen molar-refractivity contribution in [2.24, 2.45) is 0 Å². The first kappa shape index (κ1) is 15.5. The van der Waals surface area contributed by atoms with E-state index in [1.54, 1.807) is 13.8 Å². The van der Waals surface area contributed by atoms with E-state index in [1.165, 1.54) is 18.6 Å². The third-order valence-electron chi connectivity index (χ3n) is 2.12. The fourth-order valence-corrected chi connectivity index (χ4v) is 1.29. The maximum absolute atomic E-state index is 11.8. The number of rotatable bonds is 6. The van der Waals surface area contributed by atoms with Gasteiger partial charge in [-0.3, -0.25) is 9.78 Å². The number of carbonyl (C=O) groups excluding carboxylic acids is 3. The standard InChI is InChI=1S/C12H15N3O5/c1-3-19-11(17)9(12(18)20-4-2)15-10(16)8-7-13-5-6-14-8/h5-7,9H,3-4H2,1-2H3,(H,15,16). The van der Waals surface area contributed by atoms with Gasteiger partial charge in [0, 0.05) is 12.4 Å². The predicted octanol–water partition coefficient (Wildman–Crippen LogP) is -0.299. The van der Waals surface area contributed by atoms with Crippen LogP contribution >= 0.6 is 0 Å². The summed E-state index contributed by atoms with van der Waals surface area (Å²) in [6.45, 7) is 3.33. The van der Waals surface area contributed by atoms with Crippen LogP contribution in [0.4, 0.5) is 0 Å². The molecule has 0 saturated carbocycles. The van der Waals surface area contributed by atoms with Crippen LogP contribution in [-0.2, 0) is 19.1 Å². The Bertz CT molecular complexity index is 459. The van der Waals surface area contributed by atoms with E-state index >= 15 is 0 Å². The summed E-state index contributed by atoms with van der Waals surface area (Å²) in [5.74, 6) is -2.49. The summed E-state index contributed by atoms with van der Waals surface area (Å²) in [7, 11) is 0. The van der Waals surface area contributed by atoms with Gasteiger partial charge in [-0.1, -0.05) is 0 Å². The maximum Gasteiger partial charge on any atom is 0.340 e. The first-order valence-electron chi connectivity index (χ1n) is 6.00. The molecule has 0 aliphatic rings. The third-order valence-corrected chi connectivity index (χ3v) is 2.12. The highest BCUT2D eigenvalue weighted by Gasteiger charge is 2.31. The van der Waals surface area contributed by atoms with Crippen molar-refractivity contribution in [3.8, 4) is 0 Å². The number of hydrogen-bond acceptors (Lipinski definition) is 7. The second kappa shape index (κ2) is 7.82. The fourth-order valence-electron chi connectivity index (χ4n) is 1.29. The second-order valence-electron chi connectivity index (χ2n) is 3.50.